The van der Waals surface area contributed by atoms with Crippen LogP contribution in [0.5, 0.6) is 0 Å². The molecule has 4 heteroatoms. The van der Waals surface area contributed by atoms with Gasteiger partial charge in [0.15, 0.2) is 5.82 Å². The van der Waals surface area contributed by atoms with Gasteiger partial charge in [0, 0.05) is 6.07 Å². The smallest absolute Gasteiger partial charge is 0.371 e. The number of carboxylic acid groups (broad SMARTS) is 1. The Morgan fingerprint density at radius 1 is 1.80 bits per heavy atom. The quantitative estimate of drug-likeness (QED) is 0.648. The summed E-state index contributed by atoms with van der Waals surface area (Å²) in [5.74, 6) is -2.25. The van der Waals surface area contributed by atoms with Crippen LogP contribution in [0, 0.1) is 12.7 Å². The largest absolute Gasteiger partial charge is 0.475 e. The third-order valence-corrected chi connectivity index (χ3v) is 1.07. The molecule has 0 unspecified atom stereocenters. The molecule has 1 heterocycles. The number of furan rings is 1. The first-order valence-electron chi connectivity index (χ1n) is 2.60. The summed E-state index contributed by atoms with van der Waals surface area (Å²) in [6, 6.07) is 0.845. The molecule has 10 heavy (non-hydrogen) atoms. The van der Waals surface area contributed by atoms with Crippen LogP contribution in [0.15, 0.2) is 10.5 Å². The van der Waals surface area contributed by atoms with Crippen molar-refractivity contribution < 1.29 is 18.7 Å². The monoisotopic (exact) mass is 144 g/mol. The average molecular weight is 144 g/mol. The van der Waals surface area contributed by atoms with Gasteiger partial charge in [-0.05, 0) is 6.92 Å². The van der Waals surface area contributed by atoms with Gasteiger partial charge in [-0.2, -0.15) is 0 Å². The molecule has 1 aromatic heterocycles. The number of aromatic carboxylic acids is 1. The predicted molar refractivity (Wildman–Crippen MR) is 30.4 cm³/mol. The van der Waals surface area contributed by atoms with E-state index in [1.165, 1.54) is 6.92 Å². The molecule has 0 atom stereocenters. The van der Waals surface area contributed by atoms with E-state index in [1.807, 2.05) is 0 Å². The van der Waals surface area contributed by atoms with Gasteiger partial charge in [-0.3, -0.25) is 0 Å². The SMILES string of the molecule is Cc1oc(C(=O)O)cc1F. The van der Waals surface area contributed by atoms with Crippen LogP contribution < -0.4 is 0 Å². The maximum absolute atomic E-state index is 12.3. The van der Waals surface area contributed by atoms with Gasteiger partial charge in [0.1, 0.15) is 5.76 Å². The summed E-state index contributed by atoms with van der Waals surface area (Å²) in [7, 11) is 0. The molecule has 0 aliphatic heterocycles. The third kappa shape index (κ3) is 1.00. The van der Waals surface area contributed by atoms with Crippen LogP contribution in [0.1, 0.15) is 16.3 Å². The molecular weight excluding hydrogens is 139 g/mol. The lowest BCUT2D eigenvalue weighted by Gasteiger charge is -1.81. The number of hydrogen-bond donors (Lipinski definition) is 1. The van der Waals surface area contributed by atoms with Crippen molar-refractivity contribution in [2.24, 2.45) is 0 Å². The number of halogens is 1. The topological polar surface area (TPSA) is 50.4 Å². The number of carbonyl (C=O) groups is 1. The van der Waals surface area contributed by atoms with Crippen molar-refractivity contribution in [2.45, 2.75) is 6.92 Å². The normalized spacial score (nSPS) is 9.80. The van der Waals surface area contributed by atoms with Crippen molar-refractivity contribution in [3.63, 3.8) is 0 Å². The van der Waals surface area contributed by atoms with Crippen molar-refractivity contribution in [1.82, 2.24) is 0 Å². The standard InChI is InChI=1S/C6H5FO3/c1-3-4(7)2-5(10-3)6(8)9/h2H,1H3,(H,8,9). The van der Waals surface area contributed by atoms with Crippen LogP contribution >= 0.6 is 0 Å². The van der Waals surface area contributed by atoms with Crippen molar-refractivity contribution in [3.05, 3.63) is 23.4 Å². The summed E-state index contributed by atoms with van der Waals surface area (Å²) >= 11 is 0. The van der Waals surface area contributed by atoms with Gasteiger partial charge in [0.25, 0.3) is 0 Å². The van der Waals surface area contributed by atoms with Crippen molar-refractivity contribution in [2.75, 3.05) is 0 Å². The van der Waals surface area contributed by atoms with Gasteiger partial charge in [-0.15, -0.1) is 0 Å². The maximum Gasteiger partial charge on any atom is 0.371 e. The number of rotatable bonds is 1. The number of aryl methyl sites for hydroxylation is 1. The molecule has 0 amide bonds. The zero-order chi connectivity index (χ0) is 7.72. The second-order valence-electron chi connectivity index (χ2n) is 1.82. The Hall–Kier alpha value is -1.32. The van der Waals surface area contributed by atoms with Gasteiger partial charge in [0.05, 0.1) is 0 Å². The molecule has 0 aromatic carbocycles. The van der Waals surface area contributed by atoms with Crippen LogP contribution in [-0.2, 0) is 0 Å². The van der Waals surface area contributed by atoms with Crippen LogP contribution in [0.4, 0.5) is 4.39 Å². The van der Waals surface area contributed by atoms with Gasteiger partial charge < -0.3 is 9.52 Å². The molecule has 0 bridgehead atoms. The minimum Gasteiger partial charge on any atom is -0.475 e. The van der Waals surface area contributed by atoms with Gasteiger partial charge >= 0.3 is 5.97 Å². The summed E-state index contributed by atoms with van der Waals surface area (Å²) in [6.07, 6.45) is 0. The summed E-state index contributed by atoms with van der Waals surface area (Å²) in [6.45, 7) is 1.36. The third-order valence-electron chi connectivity index (χ3n) is 1.07. The second kappa shape index (κ2) is 2.13. The average Bonchev–Trinajstić information content (AvgIpc) is 2.13. The predicted octanol–water partition coefficient (Wildman–Crippen LogP) is 1.43. The molecule has 54 valence electrons. The van der Waals surface area contributed by atoms with Crippen LogP contribution in [0.2, 0.25) is 0 Å². The fourth-order valence-corrected chi connectivity index (χ4v) is 0.565. The molecule has 3 nitrogen and oxygen atoms in total. The second-order valence-corrected chi connectivity index (χ2v) is 1.82. The van der Waals surface area contributed by atoms with Crippen molar-refractivity contribution in [3.8, 4) is 0 Å². The Bertz CT molecular complexity index is 244. The first-order valence-corrected chi connectivity index (χ1v) is 2.60. The van der Waals surface area contributed by atoms with Crippen molar-refractivity contribution in [1.29, 1.82) is 0 Å². The lowest BCUT2D eigenvalue weighted by Crippen LogP contribution is -1.91. The first kappa shape index (κ1) is 6.80. The number of hydrogen-bond acceptors (Lipinski definition) is 2. The van der Waals surface area contributed by atoms with E-state index in [0.717, 1.165) is 6.07 Å². The maximum atomic E-state index is 12.3. The molecule has 0 radical (unpaired) electrons. The van der Waals surface area contributed by atoms with E-state index in [2.05, 4.69) is 4.42 Å². The summed E-state index contributed by atoms with van der Waals surface area (Å²) in [5.41, 5.74) is 0. The van der Waals surface area contributed by atoms with E-state index in [-0.39, 0.29) is 11.5 Å². The molecule has 1 rings (SSSR count). The highest BCUT2D eigenvalue weighted by Crippen LogP contribution is 2.11. The molecule has 0 aliphatic rings. The Morgan fingerprint density at radius 3 is 2.60 bits per heavy atom. The van der Waals surface area contributed by atoms with Crippen LogP contribution in [0.3, 0.4) is 0 Å². The van der Waals surface area contributed by atoms with Crippen LogP contribution in [0.25, 0.3) is 0 Å². The Labute approximate surface area is 56.1 Å². The molecule has 0 saturated heterocycles. The van der Waals surface area contributed by atoms with E-state index >= 15 is 0 Å². The zero-order valence-electron chi connectivity index (χ0n) is 5.22. The molecular formula is C6H5FO3. The van der Waals surface area contributed by atoms with Crippen molar-refractivity contribution >= 4 is 5.97 Å². The molecule has 0 spiro atoms. The number of carboxylic acids is 1. The summed E-state index contributed by atoms with van der Waals surface area (Å²) in [5, 5.41) is 8.26. The van der Waals surface area contributed by atoms with E-state index in [1.54, 1.807) is 0 Å². The van der Waals surface area contributed by atoms with Gasteiger partial charge in [0.2, 0.25) is 5.76 Å². The van der Waals surface area contributed by atoms with Gasteiger partial charge in [-0.25, -0.2) is 9.18 Å². The highest BCUT2D eigenvalue weighted by molar-refractivity contribution is 5.84. The summed E-state index contributed by atoms with van der Waals surface area (Å²) in [4.78, 5) is 10.1. The molecule has 0 fully saturated rings. The highest BCUT2D eigenvalue weighted by atomic mass is 19.1. The minimum absolute atomic E-state index is 0.00241. The lowest BCUT2D eigenvalue weighted by molar-refractivity contribution is 0.0661. The van der Waals surface area contributed by atoms with Gasteiger partial charge in [-0.1, -0.05) is 0 Å². The molecule has 1 aromatic rings. The van der Waals surface area contributed by atoms with E-state index in [4.69, 9.17) is 5.11 Å². The fourth-order valence-electron chi connectivity index (χ4n) is 0.565. The molecule has 1 N–H and O–H groups in total. The first-order chi connectivity index (χ1) is 4.61. The molecule has 0 aliphatic carbocycles. The fraction of sp³-hybridized carbons (Fsp3) is 0.167. The summed E-state index contributed by atoms with van der Waals surface area (Å²) < 4.78 is 16.8. The lowest BCUT2D eigenvalue weighted by atomic mass is 10.4. The Balaban J connectivity index is 3.10. The van der Waals surface area contributed by atoms with E-state index in [0.29, 0.717) is 0 Å². The highest BCUT2D eigenvalue weighted by Gasteiger charge is 2.11. The molecule has 0 saturated carbocycles. The Kier molecular flexibility index (Phi) is 1.45. The van der Waals surface area contributed by atoms with E-state index < -0.39 is 11.8 Å². The Morgan fingerprint density at radius 2 is 2.40 bits per heavy atom. The van der Waals surface area contributed by atoms with Crippen LogP contribution in [-0.4, -0.2) is 11.1 Å². The van der Waals surface area contributed by atoms with E-state index in [9.17, 15) is 9.18 Å². The minimum atomic E-state index is -1.26. The zero-order valence-corrected chi connectivity index (χ0v) is 5.22.